The maximum Gasteiger partial charge on any atom is 0.0657 e. The van der Waals surface area contributed by atoms with Crippen molar-refractivity contribution in [3.05, 3.63) is 0 Å². The highest BCUT2D eigenvalue weighted by Gasteiger charge is 2.38. The summed E-state index contributed by atoms with van der Waals surface area (Å²) < 4.78 is 5.80. The summed E-state index contributed by atoms with van der Waals surface area (Å²) in [5, 5.41) is 3.60. The smallest absolute Gasteiger partial charge is 0.0657 e. The molecule has 0 aromatic heterocycles. The zero-order valence-corrected chi connectivity index (χ0v) is 10.5. The predicted octanol–water partition coefficient (Wildman–Crippen LogP) is 2.34. The van der Waals surface area contributed by atoms with Crippen LogP contribution < -0.4 is 5.32 Å². The lowest BCUT2D eigenvalue weighted by Crippen LogP contribution is -2.39. The Kier molecular flexibility index (Phi) is 3.89. The zero-order valence-electron chi connectivity index (χ0n) is 10.5. The third-order valence-electron chi connectivity index (χ3n) is 3.82. The Morgan fingerprint density at radius 1 is 1.31 bits per heavy atom. The Bertz CT molecular complexity index is 285. The van der Waals surface area contributed by atoms with Crippen molar-refractivity contribution >= 4 is 0 Å². The van der Waals surface area contributed by atoms with Gasteiger partial charge in [-0.1, -0.05) is 13.3 Å². The largest absolute Gasteiger partial charge is 0.374 e. The molecule has 2 aliphatic rings. The van der Waals surface area contributed by atoms with Gasteiger partial charge in [-0.2, -0.15) is 0 Å². The van der Waals surface area contributed by atoms with E-state index in [1.54, 1.807) is 0 Å². The fraction of sp³-hybridized carbons (Fsp3) is 0.857. The molecule has 0 radical (unpaired) electrons. The molecule has 1 fully saturated rings. The molecule has 16 heavy (non-hydrogen) atoms. The summed E-state index contributed by atoms with van der Waals surface area (Å²) in [6, 6.07) is 0.585. The average Bonchev–Trinajstić information content (AvgIpc) is 3.04. The van der Waals surface area contributed by atoms with Crippen LogP contribution in [-0.2, 0) is 4.74 Å². The van der Waals surface area contributed by atoms with Crippen LogP contribution in [0.2, 0.25) is 0 Å². The second-order valence-corrected chi connectivity index (χ2v) is 5.29. The van der Waals surface area contributed by atoms with Crippen LogP contribution in [0, 0.1) is 17.8 Å². The van der Waals surface area contributed by atoms with Crippen LogP contribution in [0.4, 0.5) is 0 Å². The minimum atomic E-state index is 0.220. The molecule has 0 aromatic rings. The predicted molar refractivity (Wildman–Crippen MR) is 66.2 cm³/mol. The molecule has 2 rings (SSSR count). The van der Waals surface area contributed by atoms with E-state index in [4.69, 9.17) is 4.74 Å². The normalized spacial score (nSPS) is 30.6. The lowest BCUT2D eigenvalue weighted by Gasteiger charge is -2.26. The van der Waals surface area contributed by atoms with Gasteiger partial charge in [-0.3, -0.25) is 0 Å². The lowest BCUT2D eigenvalue weighted by atomic mass is 9.88. The summed E-state index contributed by atoms with van der Waals surface area (Å²) in [7, 11) is 0. The highest BCUT2D eigenvalue weighted by molar-refractivity contribution is 5.09. The Morgan fingerprint density at radius 2 is 2.06 bits per heavy atom. The zero-order chi connectivity index (χ0) is 11.4. The minimum Gasteiger partial charge on any atom is -0.374 e. The van der Waals surface area contributed by atoms with E-state index in [-0.39, 0.29) is 5.60 Å². The van der Waals surface area contributed by atoms with Gasteiger partial charge in [-0.15, -0.1) is 11.8 Å². The number of ether oxygens (including phenoxy) is 1. The summed E-state index contributed by atoms with van der Waals surface area (Å²) in [4.78, 5) is 0. The van der Waals surface area contributed by atoms with Crippen LogP contribution in [0.25, 0.3) is 0 Å². The van der Waals surface area contributed by atoms with Gasteiger partial charge in [0.2, 0.25) is 0 Å². The molecule has 2 unspecified atom stereocenters. The third kappa shape index (κ3) is 3.23. The van der Waals surface area contributed by atoms with E-state index >= 15 is 0 Å². The highest BCUT2D eigenvalue weighted by Crippen LogP contribution is 2.38. The second kappa shape index (κ2) is 5.21. The standard InChI is InChI=1S/C14H23NO/c1-3-12-6-4-5-7-13(12)15-10-11-16-14(2)8-9-14/h12-13,15H,3,6-11H2,1-2H3. The molecular weight excluding hydrogens is 198 g/mol. The number of rotatable bonds is 6. The van der Waals surface area contributed by atoms with E-state index in [2.05, 4.69) is 31.0 Å². The fourth-order valence-electron chi connectivity index (χ4n) is 2.22. The van der Waals surface area contributed by atoms with E-state index < -0.39 is 0 Å². The first kappa shape index (κ1) is 12.0. The van der Waals surface area contributed by atoms with Gasteiger partial charge in [0.25, 0.3) is 0 Å². The molecule has 2 heteroatoms. The third-order valence-corrected chi connectivity index (χ3v) is 3.82. The van der Waals surface area contributed by atoms with Crippen molar-refractivity contribution in [2.75, 3.05) is 13.2 Å². The molecule has 2 nitrogen and oxygen atoms in total. The van der Waals surface area contributed by atoms with Crippen LogP contribution in [0.1, 0.15) is 46.0 Å². The van der Waals surface area contributed by atoms with Crippen molar-refractivity contribution in [3.63, 3.8) is 0 Å². The van der Waals surface area contributed by atoms with Crippen LogP contribution in [0.15, 0.2) is 0 Å². The lowest BCUT2D eigenvalue weighted by molar-refractivity contribution is 0.0463. The Balaban J connectivity index is 1.63. The first-order valence-corrected chi connectivity index (χ1v) is 6.56. The average molecular weight is 221 g/mol. The van der Waals surface area contributed by atoms with Crippen LogP contribution in [0.3, 0.4) is 0 Å². The molecule has 0 spiro atoms. The van der Waals surface area contributed by atoms with E-state index in [0.717, 1.165) is 31.9 Å². The fourth-order valence-corrected chi connectivity index (χ4v) is 2.22. The van der Waals surface area contributed by atoms with Crippen LogP contribution in [-0.4, -0.2) is 24.8 Å². The maximum atomic E-state index is 5.80. The molecule has 2 atom stereocenters. The van der Waals surface area contributed by atoms with Gasteiger partial charge in [-0.05, 0) is 25.7 Å². The van der Waals surface area contributed by atoms with Crippen molar-refractivity contribution in [3.8, 4) is 11.8 Å². The van der Waals surface area contributed by atoms with Gasteiger partial charge >= 0.3 is 0 Å². The molecule has 0 aromatic carbocycles. The van der Waals surface area contributed by atoms with Crippen molar-refractivity contribution < 1.29 is 4.74 Å². The molecular formula is C14H23NO. The maximum absolute atomic E-state index is 5.80. The quantitative estimate of drug-likeness (QED) is 0.549. The summed E-state index contributed by atoms with van der Waals surface area (Å²) >= 11 is 0. The number of nitrogens with one attached hydrogen (secondary N) is 1. The van der Waals surface area contributed by atoms with Gasteiger partial charge in [-0.25, -0.2) is 0 Å². The van der Waals surface area contributed by atoms with E-state index in [0.29, 0.717) is 6.04 Å². The second-order valence-electron chi connectivity index (χ2n) is 5.29. The molecule has 0 aliphatic heterocycles. The minimum absolute atomic E-state index is 0.220. The Morgan fingerprint density at radius 3 is 2.75 bits per heavy atom. The summed E-state index contributed by atoms with van der Waals surface area (Å²) in [5.41, 5.74) is 0.220. The first-order chi connectivity index (χ1) is 7.73. The molecule has 0 saturated heterocycles. The van der Waals surface area contributed by atoms with Crippen molar-refractivity contribution in [1.29, 1.82) is 0 Å². The van der Waals surface area contributed by atoms with Gasteiger partial charge in [0.15, 0.2) is 0 Å². The topological polar surface area (TPSA) is 21.3 Å². The highest BCUT2D eigenvalue weighted by atomic mass is 16.5. The van der Waals surface area contributed by atoms with Gasteiger partial charge < -0.3 is 10.1 Å². The molecule has 90 valence electrons. The molecule has 0 bridgehead atoms. The molecule has 1 saturated carbocycles. The summed E-state index contributed by atoms with van der Waals surface area (Å²) in [5.74, 6) is 7.17. The molecule has 0 heterocycles. The summed E-state index contributed by atoms with van der Waals surface area (Å²) in [6.07, 6.45) is 5.77. The number of hydrogen-bond donors (Lipinski definition) is 1. The van der Waals surface area contributed by atoms with E-state index in [1.165, 1.54) is 19.3 Å². The van der Waals surface area contributed by atoms with E-state index in [1.807, 2.05) is 0 Å². The number of hydrogen-bond acceptors (Lipinski definition) is 2. The molecule has 1 N–H and O–H groups in total. The van der Waals surface area contributed by atoms with Crippen LogP contribution >= 0.6 is 0 Å². The SMILES string of the molecule is CCC1CC#CCC1NCCOC1(C)CC1. The monoisotopic (exact) mass is 221 g/mol. The summed E-state index contributed by atoms with van der Waals surface area (Å²) in [6.45, 7) is 6.28. The van der Waals surface area contributed by atoms with Crippen LogP contribution in [0.5, 0.6) is 0 Å². The van der Waals surface area contributed by atoms with Crippen molar-refractivity contribution in [1.82, 2.24) is 5.32 Å². The first-order valence-electron chi connectivity index (χ1n) is 6.56. The Labute approximate surface area is 99.1 Å². The molecule has 2 aliphatic carbocycles. The van der Waals surface area contributed by atoms with Crippen molar-refractivity contribution in [2.45, 2.75) is 57.6 Å². The van der Waals surface area contributed by atoms with Gasteiger partial charge in [0.1, 0.15) is 0 Å². The Hall–Kier alpha value is -0.520. The molecule has 0 amide bonds. The van der Waals surface area contributed by atoms with Gasteiger partial charge in [0, 0.05) is 25.4 Å². The van der Waals surface area contributed by atoms with Gasteiger partial charge in [0.05, 0.1) is 12.2 Å². The van der Waals surface area contributed by atoms with Crippen molar-refractivity contribution in [2.24, 2.45) is 5.92 Å². The van der Waals surface area contributed by atoms with E-state index in [9.17, 15) is 0 Å².